The molecular weight excluding hydrogens is 218 g/mol. The summed E-state index contributed by atoms with van der Waals surface area (Å²) >= 11 is 0. The number of carbonyl (C=O) groups is 3. The van der Waals surface area contributed by atoms with E-state index < -0.39 is 5.92 Å². The maximum absolute atomic E-state index is 11.8. The highest BCUT2D eigenvalue weighted by atomic mass is 16.2. The molecular formula is C13H15NO3. The van der Waals surface area contributed by atoms with Crippen molar-refractivity contribution in [3.8, 4) is 24.7 Å². The molecule has 4 heteroatoms. The highest BCUT2D eigenvalue weighted by molar-refractivity contribution is 6.03. The molecule has 0 saturated carbocycles. The first-order valence-corrected chi connectivity index (χ1v) is 5.09. The summed E-state index contributed by atoms with van der Waals surface area (Å²) in [6.45, 7) is 2.72. The number of rotatable bonds is 6. The summed E-state index contributed by atoms with van der Waals surface area (Å²) < 4.78 is 0. The lowest BCUT2D eigenvalue weighted by Gasteiger charge is -2.19. The molecule has 0 aromatic heterocycles. The lowest BCUT2D eigenvalue weighted by Crippen LogP contribution is -2.35. The zero-order chi connectivity index (χ0) is 13.4. The average Bonchev–Trinajstić information content (AvgIpc) is 2.24. The first-order chi connectivity index (χ1) is 7.93. The van der Waals surface area contributed by atoms with Gasteiger partial charge in [-0.3, -0.25) is 14.4 Å². The van der Waals surface area contributed by atoms with Gasteiger partial charge in [0.15, 0.2) is 0 Å². The smallest absolute Gasteiger partial charge is 0.225 e. The van der Waals surface area contributed by atoms with Crippen LogP contribution in [0.3, 0.4) is 0 Å². The second kappa shape index (κ2) is 7.24. The zero-order valence-corrected chi connectivity index (χ0v) is 10.0. The molecule has 0 fully saturated rings. The predicted octanol–water partition coefficient (Wildman–Crippen LogP) is 0.266. The number of Topliss-reactive ketones (excluding diaryl/α,β-unsaturated/α-hetero) is 2. The Morgan fingerprint density at radius 2 is 1.47 bits per heavy atom. The van der Waals surface area contributed by atoms with Crippen molar-refractivity contribution in [3.05, 3.63) is 0 Å². The summed E-state index contributed by atoms with van der Waals surface area (Å²) in [5.74, 6) is 2.68. The van der Waals surface area contributed by atoms with Crippen molar-refractivity contribution in [2.75, 3.05) is 13.1 Å². The summed E-state index contributed by atoms with van der Waals surface area (Å²) in [7, 11) is 0. The van der Waals surface area contributed by atoms with Gasteiger partial charge in [-0.1, -0.05) is 11.8 Å². The van der Waals surface area contributed by atoms with E-state index in [1.54, 1.807) is 0 Å². The molecule has 0 aromatic rings. The molecule has 0 aliphatic heterocycles. The Bertz CT molecular complexity index is 368. The Kier molecular flexibility index (Phi) is 6.36. The summed E-state index contributed by atoms with van der Waals surface area (Å²) in [6.07, 6.45) is 10.0. The van der Waals surface area contributed by atoms with Crippen molar-refractivity contribution in [1.29, 1.82) is 0 Å². The molecule has 0 N–H and O–H groups in total. The minimum atomic E-state index is -0.902. The molecule has 0 bridgehead atoms. The van der Waals surface area contributed by atoms with Gasteiger partial charge in [0.05, 0.1) is 19.0 Å². The molecule has 1 amide bonds. The number of terminal acetylenes is 2. The van der Waals surface area contributed by atoms with Gasteiger partial charge < -0.3 is 4.90 Å². The van der Waals surface area contributed by atoms with Gasteiger partial charge >= 0.3 is 0 Å². The van der Waals surface area contributed by atoms with Gasteiger partial charge in [-0.05, 0) is 13.8 Å². The first-order valence-electron chi connectivity index (χ1n) is 5.09. The average molecular weight is 233 g/mol. The van der Waals surface area contributed by atoms with Crippen LogP contribution in [0.25, 0.3) is 0 Å². The second-order valence-electron chi connectivity index (χ2n) is 3.64. The van der Waals surface area contributed by atoms with E-state index in [9.17, 15) is 14.4 Å². The third-order valence-corrected chi connectivity index (χ3v) is 2.28. The molecule has 90 valence electrons. The molecule has 0 unspecified atom stereocenters. The Balaban J connectivity index is 4.69. The van der Waals surface area contributed by atoms with Crippen LogP contribution in [0.1, 0.15) is 20.3 Å². The fraction of sp³-hybridized carbons (Fsp3) is 0.462. The van der Waals surface area contributed by atoms with Crippen molar-refractivity contribution in [2.45, 2.75) is 20.3 Å². The van der Waals surface area contributed by atoms with Crippen LogP contribution in [0, 0.1) is 30.6 Å². The monoisotopic (exact) mass is 233 g/mol. The van der Waals surface area contributed by atoms with Crippen LogP contribution in [0.15, 0.2) is 0 Å². The van der Waals surface area contributed by atoms with Gasteiger partial charge in [-0.15, -0.1) is 12.8 Å². The molecule has 0 rings (SSSR count). The molecule has 0 aromatic carbocycles. The normalized spacial score (nSPS) is 9.24. The third-order valence-electron chi connectivity index (χ3n) is 2.28. The van der Waals surface area contributed by atoms with Gasteiger partial charge in [-0.2, -0.15) is 0 Å². The van der Waals surface area contributed by atoms with E-state index in [0.29, 0.717) is 0 Å². The lowest BCUT2D eigenvalue weighted by molar-refractivity contribution is -0.138. The van der Waals surface area contributed by atoms with Crippen molar-refractivity contribution >= 4 is 17.5 Å². The topological polar surface area (TPSA) is 54.5 Å². The Labute approximate surface area is 101 Å². The van der Waals surface area contributed by atoms with E-state index in [-0.39, 0.29) is 37.0 Å². The third kappa shape index (κ3) is 4.99. The SMILES string of the molecule is C#CCN(CC#C)C(=O)CC(C(C)=O)C(C)=O. The fourth-order valence-electron chi connectivity index (χ4n) is 1.33. The van der Waals surface area contributed by atoms with Crippen LogP contribution in [0.2, 0.25) is 0 Å². The van der Waals surface area contributed by atoms with Gasteiger partial charge in [0, 0.05) is 6.42 Å². The van der Waals surface area contributed by atoms with Gasteiger partial charge in [0.2, 0.25) is 5.91 Å². The van der Waals surface area contributed by atoms with Crippen LogP contribution >= 0.6 is 0 Å². The maximum atomic E-state index is 11.8. The maximum Gasteiger partial charge on any atom is 0.225 e. The van der Waals surface area contributed by atoms with Crippen molar-refractivity contribution in [1.82, 2.24) is 4.90 Å². The van der Waals surface area contributed by atoms with Crippen molar-refractivity contribution < 1.29 is 14.4 Å². The van der Waals surface area contributed by atoms with Gasteiger partial charge in [0.25, 0.3) is 0 Å². The van der Waals surface area contributed by atoms with Crippen LogP contribution in [-0.4, -0.2) is 35.5 Å². The summed E-state index contributed by atoms with van der Waals surface area (Å²) in [4.78, 5) is 35.4. The number of hydrogen-bond acceptors (Lipinski definition) is 3. The molecule has 0 aliphatic rings. The number of nitrogens with zero attached hydrogens (tertiary/aromatic N) is 1. The van der Waals surface area contributed by atoms with Crippen LogP contribution in [0.5, 0.6) is 0 Å². The second-order valence-corrected chi connectivity index (χ2v) is 3.64. The van der Waals surface area contributed by atoms with Gasteiger partial charge in [0.1, 0.15) is 11.6 Å². The van der Waals surface area contributed by atoms with E-state index in [0.717, 1.165) is 0 Å². The lowest BCUT2D eigenvalue weighted by atomic mass is 9.96. The highest BCUT2D eigenvalue weighted by Crippen LogP contribution is 2.09. The molecule has 0 atom stereocenters. The number of carbonyl (C=O) groups excluding carboxylic acids is 3. The van der Waals surface area contributed by atoms with E-state index in [2.05, 4.69) is 11.8 Å². The minimum absolute atomic E-state index is 0.0750. The quantitative estimate of drug-likeness (QED) is 0.488. The highest BCUT2D eigenvalue weighted by Gasteiger charge is 2.25. The molecule has 0 radical (unpaired) electrons. The van der Waals surface area contributed by atoms with E-state index >= 15 is 0 Å². The number of ketones is 2. The van der Waals surface area contributed by atoms with Crippen molar-refractivity contribution in [2.24, 2.45) is 5.92 Å². The Morgan fingerprint density at radius 3 is 1.76 bits per heavy atom. The molecule has 0 saturated heterocycles. The van der Waals surface area contributed by atoms with Gasteiger partial charge in [-0.25, -0.2) is 0 Å². The van der Waals surface area contributed by atoms with E-state index in [4.69, 9.17) is 12.8 Å². The summed E-state index contributed by atoms with van der Waals surface area (Å²) in [6, 6.07) is 0. The zero-order valence-electron chi connectivity index (χ0n) is 10.0. The molecule has 0 aliphatic carbocycles. The van der Waals surface area contributed by atoms with E-state index in [1.165, 1.54) is 18.7 Å². The number of hydrogen-bond donors (Lipinski definition) is 0. The Hall–Kier alpha value is -2.07. The van der Waals surface area contributed by atoms with Crippen LogP contribution in [0.4, 0.5) is 0 Å². The van der Waals surface area contributed by atoms with Crippen LogP contribution in [-0.2, 0) is 14.4 Å². The number of amides is 1. The molecule has 4 nitrogen and oxygen atoms in total. The standard InChI is InChI=1S/C13H15NO3/c1-5-7-14(8-6-2)13(17)9-12(10(3)15)11(4)16/h1-2,12H,7-9H2,3-4H3. The molecule has 17 heavy (non-hydrogen) atoms. The predicted molar refractivity (Wildman–Crippen MR) is 63.7 cm³/mol. The van der Waals surface area contributed by atoms with Crippen molar-refractivity contribution in [3.63, 3.8) is 0 Å². The Morgan fingerprint density at radius 1 is 1.06 bits per heavy atom. The minimum Gasteiger partial charge on any atom is -0.320 e. The molecule has 0 spiro atoms. The van der Waals surface area contributed by atoms with E-state index in [1.807, 2.05) is 0 Å². The largest absolute Gasteiger partial charge is 0.320 e. The first kappa shape index (κ1) is 14.9. The fourth-order valence-corrected chi connectivity index (χ4v) is 1.33. The van der Waals surface area contributed by atoms with Crippen LogP contribution < -0.4 is 0 Å². The summed E-state index contributed by atoms with van der Waals surface area (Å²) in [5.41, 5.74) is 0. The molecule has 0 heterocycles. The summed E-state index contributed by atoms with van der Waals surface area (Å²) in [5, 5.41) is 0.